The highest BCUT2D eigenvalue weighted by molar-refractivity contribution is 7.98. The van der Waals surface area contributed by atoms with Crippen LogP contribution in [0.15, 0.2) is 109 Å². The molecule has 1 atom stereocenters. The Morgan fingerprint density at radius 3 is 2.19 bits per heavy atom. The van der Waals surface area contributed by atoms with Crippen LogP contribution in [-0.2, 0) is 10.5 Å². The van der Waals surface area contributed by atoms with Crippen molar-refractivity contribution in [3.8, 4) is 23.0 Å². The number of nitrogens with one attached hydrogen (secondary N) is 1. The molecule has 212 valence electrons. The third-order valence-corrected chi connectivity index (χ3v) is 7.50. The maximum absolute atomic E-state index is 13.4. The Morgan fingerprint density at radius 1 is 0.833 bits per heavy atom. The number of hydrogen-bond donors (Lipinski definition) is 2. The van der Waals surface area contributed by atoms with Crippen LogP contribution in [0.1, 0.15) is 40.4 Å². The quantitative estimate of drug-likeness (QED) is 0.205. The van der Waals surface area contributed by atoms with E-state index in [9.17, 15) is 19.5 Å². The van der Waals surface area contributed by atoms with Crippen molar-refractivity contribution in [1.82, 2.24) is 10.2 Å². The molecule has 0 aliphatic rings. The first-order chi connectivity index (χ1) is 20.5. The van der Waals surface area contributed by atoms with Crippen LogP contribution in [0, 0.1) is 11.8 Å². The summed E-state index contributed by atoms with van der Waals surface area (Å²) in [5.41, 5.74) is 5.02. The van der Waals surface area contributed by atoms with Gasteiger partial charge in [0.25, 0.3) is 5.91 Å². The monoisotopic (exact) mass is 576 g/mol. The summed E-state index contributed by atoms with van der Waals surface area (Å²) in [7, 11) is 0. The molecule has 7 heteroatoms. The molecule has 0 spiro atoms. The van der Waals surface area contributed by atoms with Crippen LogP contribution in [0.5, 0.6) is 0 Å². The van der Waals surface area contributed by atoms with Gasteiger partial charge in [-0.15, -0.1) is 0 Å². The van der Waals surface area contributed by atoms with Gasteiger partial charge >= 0.3 is 12.0 Å². The number of carbonyl (C=O) groups is 3. The maximum atomic E-state index is 13.4. The van der Waals surface area contributed by atoms with E-state index >= 15 is 0 Å². The number of carbonyl (C=O) groups excluding carboxylic acids is 2. The standard InChI is InChI=1S/C35H32N2O4S/c1-2-22-37(33(38)29-18-11-14-27(23-29)21-20-26-12-5-3-6-13-26)35(41)36-32(34(39)40)25-42-24-30-17-9-10-19-31(30)28-15-7-4-8-16-28/h3-19,23,32H,2,22,24-25H2,1H3,(H,36,41)(H,39,40)/t32-/m0/s1. The number of carboxylic acids is 1. The van der Waals surface area contributed by atoms with Gasteiger partial charge in [0.1, 0.15) is 6.04 Å². The van der Waals surface area contributed by atoms with Gasteiger partial charge in [0.2, 0.25) is 0 Å². The van der Waals surface area contributed by atoms with Gasteiger partial charge in [-0.3, -0.25) is 9.69 Å². The van der Waals surface area contributed by atoms with Gasteiger partial charge in [0, 0.05) is 34.7 Å². The van der Waals surface area contributed by atoms with Gasteiger partial charge in [-0.05, 0) is 53.4 Å². The van der Waals surface area contributed by atoms with E-state index in [1.165, 1.54) is 11.8 Å². The molecule has 0 heterocycles. The van der Waals surface area contributed by atoms with Gasteiger partial charge in [-0.25, -0.2) is 9.59 Å². The second-order valence-corrected chi connectivity index (χ2v) is 10.6. The molecule has 4 aromatic rings. The zero-order valence-electron chi connectivity index (χ0n) is 23.3. The summed E-state index contributed by atoms with van der Waals surface area (Å²) in [5, 5.41) is 12.4. The van der Waals surface area contributed by atoms with Crippen molar-refractivity contribution >= 4 is 29.7 Å². The van der Waals surface area contributed by atoms with Crippen molar-refractivity contribution in [2.24, 2.45) is 0 Å². The van der Waals surface area contributed by atoms with E-state index in [0.29, 0.717) is 23.3 Å². The number of nitrogens with zero attached hydrogens (tertiary/aromatic N) is 1. The molecule has 0 unspecified atom stereocenters. The Kier molecular flexibility index (Phi) is 11.0. The van der Waals surface area contributed by atoms with Crippen LogP contribution in [0.2, 0.25) is 0 Å². The zero-order chi connectivity index (χ0) is 29.7. The normalized spacial score (nSPS) is 11.1. The second kappa shape index (κ2) is 15.3. The molecule has 2 N–H and O–H groups in total. The van der Waals surface area contributed by atoms with Crippen molar-refractivity contribution in [2.45, 2.75) is 25.1 Å². The molecule has 0 saturated carbocycles. The predicted octanol–water partition coefficient (Wildman–Crippen LogP) is 6.70. The molecule has 0 aliphatic heterocycles. The SMILES string of the molecule is CCCN(C(=O)N[C@@H](CSCc1ccccc1-c1ccccc1)C(=O)O)C(=O)c1cccc(C#Cc2ccccc2)c1. The van der Waals surface area contributed by atoms with Crippen molar-refractivity contribution in [1.29, 1.82) is 0 Å². The van der Waals surface area contributed by atoms with E-state index in [1.54, 1.807) is 24.3 Å². The third-order valence-electron chi connectivity index (χ3n) is 6.41. The van der Waals surface area contributed by atoms with Crippen LogP contribution >= 0.6 is 11.8 Å². The summed E-state index contributed by atoms with van der Waals surface area (Å²) in [6, 6.07) is 32.4. The van der Waals surface area contributed by atoms with Crippen molar-refractivity contribution in [3.63, 3.8) is 0 Å². The number of aliphatic carboxylic acids is 1. The molecule has 0 radical (unpaired) electrons. The van der Waals surface area contributed by atoms with E-state index in [0.717, 1.165) is 27.2 Å². The minimum absolute atomic E-state index is 0.142. The average molecular weight is 577 g/mol. The molecule has 4 aromatic carbocycles. The van der Waals surface area contributed by atoms with E-state index in [1.807, 2.05) is 91.9 Å². The molecule has 0 saturated heterocycles. The number of hydrogen-bond acceptors (Lipinski definition) is 4. The van der Waals surface area contributed by atoms with Gasteiger partial charge < -0.3 is 10.4 Å². The summed E-state index contributed by atoms with van der Waals surface area (Å²) in [6.07, 6.45) is 0.523. The van der Waals surface area contributed by atoms with Gasteiger partial charge in [-0.1, -0.05) is 97.6 Å². The Hall–Kier alpha value is -4.80. The Bertz CT molecular complexity index is 1580. The van der Waals surface area contributed by atoms with Crippen molar-refractivity contribution in [2.75, 3.05) is 12.3 Å². The van der Waals surface area contributed by atoms with E-state index < -0.39 is 23.9 Å². The van der Waals surface area contributed by atoms with Crippen molar-refractivity contribution in [3.05, 3.63) is 131 Å². The van der Waals surface area contributed by atoms with E-state index in [4.69, 9.17) is 0 Å². The lowest BCUT2D eigenvalue weighted by Gasteiger charge is -2.23. The first-order valence-electron chi connectivity index (χ1n) is 13.7. The molecule has 6 nitrogen and oxygen atoms in total. The molecule has 0 aliphatic carbocycles. The highest BCUT2D eigenvalue weighted by Gasteiger charge is 2.27. The molecule has 0 bridgehead atoms. The van der Waals surface area contributed by atoms with Gasteiger partial charge in [-0.2, -0.15) is 11.8 Å². The van der Waals surface area contributed by atoms with Gasteiger partial charge in [0.15, 0.2) is 0 Å². The molecule has 3 amide bonds. The number of urea groups is 1. The predicted molar refractivity (Wildman–Crippen MR) is 168 cm³/mol. The van der Waals surface area contributed by atoms with Crippen LogP contribution in [0.3, 0.4) is 0 Å². The average Bonchev–Trinajstić information content (AvgIpc) is 3.03. The molecule has 0 fully saturated rings. The Labute approximate surface area is 250 Å². The first kappa shape index (κ1) is 30.2. The van der Waals surface area contributed by atoms with Gasteiger partial charge in [0.05, 0.1) is 0 Å². The molecule has 42 heavy (non-hydrogen) atoms. The topological polar surface area (TPSA) is 86.7 Å². The Morgan fingerprint density at radius 2 is 1.48 bits per heavy atom. The van der Waals surface area contributed by atoms with Crippen molar-refractivity contribution < 1.29 is 19.5 Å². The number of thioether (sulfide) groups is 1. The summed E-state index contributed by atoms with van der Waals surface area (Å²) in [5.74, 6) is 5.16. The van der Waals surface area contributed by atoms with E-state index in [2.05, 4.69) is 17.2 Å². The van der Waals surface area contributed by atoms with Crippen LogP contribution in [-0.4, -0.2) is 46.3 Å². The maximum Gasteiger partial charge on any atom is 0.327 e. The van der Waals surface area contributed by atoms with E-state index in [-0.39, 0.29) is 12.3 Å². The summed E-state index contributed by atoms with van der Waals surface area (Å²) in [4.78, 5) is 39.8. The molecule has 4 rings (SSSR count). The number of rotatable bonds is 10. The fraction of sp³-hybridized carbons (Fsp3) is 0.171. The zero-order valence-corrected chi connectivity index (χ0v) is 24.1. The first-order valence-corrected chi connectivity index (χ1v) is 14.8. The molecule has 0 aromatic heterocycles. The lowest BCUT2D eigenvalue weighted by atomic mass is 10.0. The molecular weight excluding hydrogens is 544 g/mol. The lowest BCUT2D eigenvalue weighted by molar-refractivity contribution is -0.138. The largest absolute Gasteiger partial charge is 0.480 e. The minimum atomic E-state index is -1.17. The van der Waals surface area contributed by atoms with Crippen LogP contribution in [0.4, 0.5) is 4.79 Å². The Balaban J connectivity index is 1.42. The van der Waals surface area contributed by atoms with Crippen LogP contribution < -0.4 is 5.32 Å². The fourth-order valence-corrected chi connectivity index (χ4v) is 5.36. The number of benzene rings is 4. The highest BCUT2D eigenvalue weighted by atomic mass is 32.2. The number of carboxylic acid groups (broad SMARTS) is 1. The fourth-order valence-electron chi connectivity index (χ4n) is 4.30. The summed E-state index contributed by atoms with van der Waals surface area (Å²) < 4.78 is 0. The second-order valence-electron chi connectivity index (χ2n) is 9.53. The lowest BCUT2D eigenvalue weighted by Crippen LogP contribution is -2.51. The third kappa shape index (κ3) is 8.35. The number of imide groups is 1. The smallest absolute Gasteiger partial charge is 0.327 e. The highest BCUT2D eigenvalue weighted by Crippen LogP contribution is 2.27. The molecular formula is C35H32N2O4S. The summed E-state index contributed by atoms with van der Waals surface area (Å²) >= 11 is 1.41. The minimum Gasteiger partial charge on any atom is -0.480 e. The summed E-state index contributed by atoms with van der Waals surface area (Å²) in [6.45, 7) is 2.00. The van der Waals surface area contributed by atoms with Crippen LogP contribution in [0.25, 0.3) is 11.1 Å². The number of amides is 3.